The molecule has 1 aromatic rings. The Morgan fingerprint density at radius 3 is 2.65 bits per heavy atom. The summed E-state index contributed by atoms with van der Waals surface area (Å²) < 4.78 is 32.2. The highest BCUT2D eigenvalue weighted by molar-refractivity contribution is 7.89. The Hall–Kier alpha value is -1.02. The molecule has 0 radical (unpaired) electrons. The predicted octanol–water partition coefficient (Wildman–Crippen LogP) is 0.669. The van der Waals surface area contributed by atoms with Crippen molar-refractivity contribution in [1.82, 2.24) is 9.71 Å². The smallest absolute Gasteiger partial charge is 0.258 e. The zero-order valence-electron chi connectivity index (χ0n) is 11.5. The van der Waals surface area contributed by atoms with Gasteiger partial charge in [-0.05, 0) is 29.9 Å². The van der Waals surface area contributed by atoms with Gasteiger partial charge in [-0.1, -0.05) is 13.0 Å². The van der Waals surface area contributed by atoms with E-state index in [1.54, 1.807) is 6.07 Å². The van der Waals surface area contributed by atoms with E-state index in [0.717, 1.165) is 12.8 Å². The summed E-state index contributed by atoms with van der Waals surface area (Å²) in [5, 5.41) is 8.90. The Labute approximate surface area is 119 Å². The standard InChI is InChI=1S/C13H20N2O4S/c1-13(4-6-19-7-5-13)10-15-20(17,18)12-3-2-11(9-16)8-14-12/h2-3,8,15-16H,4-7,9-10H2,1H3. The van der Waals surface area contributed by atoms with Crippen molar-refractivity contribution in [2.75, 3.05) is 19.8 Å². The maximum absolute atomic E-state index is 12.1. The normalized spacial score (nSPS) is 18.9. The van der Waals surface area contributed by atoms with Crippen molar-refractivity contribution >= 4 is 10.0 Å². The van der Waals surface area contributed by atoms with E-state index in [1.165, 1.54) is 12.3 Å². The fourth-order valence-corrected chi connectivity index (χ4v) is 3.17. The lowest BCUT2D eigenvalue weighted by atomic mass is 9.83. The molecule has 1 aliphatic heterocycles. The van der Waals surface area contributed by atoms with Crippen LogP contribution in [0, 0.1) is 5.41 Å². The Balaban J connectivity index is 2.02. The van der Waals surface area contributed by atoms with E-state index in [0.29, 0.717) is 25.3 Å². The number of ether oxygens (including phenoxy) is 1. The number of pyridine rings is 1. The Morgan fingerprint density at radius 2 is 2.10 bits per heavy atom. The van der Waals surface area contributed by atoms with Crippen LogP contribution < -0.4 is 4.72 Å². The molecule has 2 rings (SSSR count). The number of aromatic nitrogens is 1. The third-order valence-electron chi connectivity index (χ3n) is 3.64. The SMILES string of the molecule is CC1(CNS(=O)(=O)c2ccc(CO)cn2)CCOCC1. The van der Waals surface area contributed by atoms with Crippen molar-refractivity contribution in [3.8, 4) is 0 Å². The summed E-state index contributed by atoms with van der Waals surface area (Å²) >= 11 is 0. The molecule has 0 amide bonds. The second kappa shape index (κ2) is 6.17. The van der Waals surface area contributed by atoms with Gasteiger partial charge >= 0.3 is 0 Å². The van der Waals surface area contributed by atoms with E-state index < -0.39 is 10.0 Å². The largest absolute Gasteiger partial charge is 0.392 e. The van der Waals surface area contributed by atoms with E-state index >= 15 is 0 Å². The van der Waals surface area contributed by atoms with Crippen molar-refractivity contribution < 1.29 is 18.3 Å². The highest BCUT2D eigenvalue weighted by Crippen LogP contribution is 2.29. The molecule has 0 bridgehead atoms. The summed E-state index contributed by atoms with van der Waals surface area (Å²) in [6.45, 7) is 3.62. The Morgan fingerprint density at radius 1 is 1.40 bits per heavy atom. The van der Waals surface area contributed by atoms with Crippen molar-refractivity contribution in [2.45, 2.75) is 31.4 Å². The highest BCUT2D eigenvalue weighted by Gasteiger charge is 2.29. The van der Waals surface area contributed by atoms with Crippen LogP contribution in [0.25, 0.3) is 0 Å². The Kier molecular flexibility index (Phi) is 4.74. The minimum Gasteiger partial charge on any atom is -0.392 e. The summed E-state index contributed by atoms with van der Waals surface area (Å²) in [4.78, 5) is 3.87. The van der Waals surface area contributed by atoms with Gasteiger partial charge in [-0.25, -0.2) is 18.1 Å². The molecule has 0 saturated carbocycles. The van der Waals surface area contributed by atoms with Gasteiger partial charge in [0.15, 0.2) is 5.03 Å². The van der Waals surface area contributed by atoms with Crippen molar-refractivity contribution in [2.24, 2.45) is 5.41 Å². The fraction of sp³-hybridized carbons (Fsp3) is 0.615. The van der Waals surface area contributed by atoms with Crippen LogP contribution in [-0.2, 0) is 21.4 Å². The van der Waals surface area contributed by atoms with Crippen LogP contribution in [-0.4, -0.2) is 38.3 Å². The third-order valence-corrected chi connectivity index (χ3v) is 4.96. The van der Waals surface area contributed by atoms with Crippen LogP contribution in [0.15, 0.2) is 23.4 Å². The molecular formula is C13H20N2O4S. The molecule has 0 atom stereocenters. The zero-order valence-corrected chi connectivity index (χ0v) is 12.3. The highest BCUT2D eigenvalue weighted by atomic mass is 32.2. The molecule has 0 unspecified atom stereocenters. The first-order chi connectivity index (χ1) is 9.45. The molecule has 2 N–H and O–H groups in total. The van der Waals surface area contributed by atoms with Gasteiger partial charge in [0.1, 0.15) is 0 Å². The molecule has 0 aliphatic carbocycles. The molecule has 1 fully saturated rings. The van der Waals surface area contributed by atoms with Crippen molar-refractivity contribution in [1.29, 1.82) is 0 Å². The van der Waals surface area contributed by atoms with Crippen LogP contribution in [0.3, 0.4) is 0 Å². The van der Waals surface area contributed by atoms with Gasteiger partial charge in [0.2, 0.25) is 0 Å². The summed E-state index contributed by atoms with van der Waals surface area (Å²) in [6.07, 6.45) is 3.05. The maximum atomic E-state index is 12.1. The fourth-order valence-electron chi connectivity index (χ4n) is 2.05. The molecule has 1 aliphatic rings. The van der Waals surface area contributed by atoms with E-state index in [1.807, 2.05) is 0 Å². The van der Waals surface area contributed by atoms with Gasteiger partial charge in [-0.15, -0.1) is 0 Å². The molecular weight excluding hydrogens is 280 g/mol. The molecule has 1 saturated heterocycles. The average molecular weight is 300 g/mol. The molecule has 20 heavy (non-hydrogen) atoms. The van der Waals surface area contributed by atoms with Gasteiger partial charge < -0.3 is 9.84 Å². The van der Waals surface area contributed by atoms with E-state index in [4.69, 9.17) is 9.84 Å². The number of nitrogens with zero attached hydrogens (tertiary/aromatic N) is 1. The predicted molar refractivity (Wildman–Crippen MR) is 73.5 cm³/mol. The van der Waals surface area contributed by atoms with Crippen LogP contribution >= 0.6 is 0 Å². The molecule has 0 spiro atoms. The molecule has 1 aromatic heterocycles. The molecule has 0 aromatic carbocycles. The monoisotopic (exact) mass is 300 g/mol. The first-order valence-corrected chi connectivity index (χ1v) is 8.07. The number of aliphatic hydroxyl groups is 1. The van der Waals surface area contributed by atoms with Gasteiger partial charge in [-0.3, -0.25) is 0 Å². The second-order valence-corrected chi connectivity index (χ2v) is 7.12. The molecule has 112 valence electrons. The zero-order chi connectivity index (χ0) is 14.6. The van der Waals surface area contributed by atoms with Crippen LogP contribution in [0.1, 0.15) is 25.3 Å². The van der Waals surface area contributed by atoms with E-state index in [-0.39, 0.29) is 17.0 Å². The van der Waals surface area contributed by atoms with Gasteiger partial charge in [0.05, 0.1) is 6.61 Å². The number of nitrogens with one attached hydrogen (secondary N) is 1. The number of hydrogen-bond acceptors (Lipinski definition) is 5. The number of sulfonamides is 1. The van der Waals surface area contributed by atoms with Gasteiger partial charge in [0, 0.05) is 26.0 Å². The summed E-state index contributed by atoms with van der Waals surface area (Å²) in [5.74, 6) is 0. The first-order valence-electron chi connectivity index (χ1n) is 6.58. The minimum atomic E-state index is -3.61. The van der Waals surface area contributed by atoms with Gasteiger partial charge in [-0.2, -0.15) is 0 Å². The van der Waals surface area contributed by atoms with Crippen LogP contribution in [0.2, 0.25) is 0 Å². The lowest BCUT2D eigenvalue weighted by Crippen LogP contribution is -2.39. The number of rotatable bonds is 5. The number of aliphatic hydroxyl groups excluding tert-OH is 1. The summed E-state index contributed by atoms with van der Waals surface area (Å²) in [7, 11) is -3.61. The quantitative estimate of drug-likeness (QED) is 0.834. The number of hydrogen-bond donors (Lipinski definition) is 2. The lowest BCUT2D eigenvalue weighted by Gasteiger charge is -2.33. The molecule has 6 nitrogen and oxygen atoms in total. The van der Waals surface area contributed by atoms with Crippen molar-refractivity contribution in [3.63, 3.8) is 0 Å². The van der Waals surface area contributed by atoms with Crippen molar-refractivity contribution in [3.05, 3.63) is 23.9 Å². The summed E-state index contributed by atoms with van der Waals surface area (Å²) in [5.41, 5.74) is 0.511. The van der Waals surface area contributed by atoms with Crippen LogP contribution in [0.4, 0.5) is 0 Å². The average Bonchev–Trinajstić information content (AvgIpc) is 2.46. The summed E-state index contributed by atoms with van der Waals surface area (Å²) in [6, 6.07) is 2.96. The second-order valence-electron chi connectivity index (χ2n) is 5.41. The first kappa shape index (κ1) is 15.4. The minimum absolute atomic E-state index is 0.0228. The third kappa shape index (κ3) is 3.76. The van der Waals surface area contributed by atoms with Gasteiger partial charge in [0.25, 0.3) is 10.0 Å². The maximum Gasteiger partial charge on any atom is 0.258 e. The van der Waals surface area contributed by atoms with Crippen LogP contribution in [0.5, 0.6) is 0 Å². The topological polar surface area (TPSA) is 88.5 Å². The Bertz CT molecular complexity index is 536. The molecule has 2 heterocycles. The van der Waals surface area contributed by atoms with E-state index in [9.17, 15) is 8.42 Å². The van der Waals surface area contributed by atoms with E-state index in [2.05, 4.69) is 16.6 Å². The molecule has 7 heteroatoms. The lowest BCUT2D eigenvalue weighted by molar-refractivity contribution is 0.0264.